The Labute approximate surface area is 153 Å². The Morgan fingerprint density at radius 3 is 2.00 bits per heavy atom. The van der Waals surface area contributed by atoms with Gasteiger partial charge in [0.25, 0.3) is 0 Å². The minimum atomic E-state index is -1.08. The molecule has 0 saturated carbocycles. The highest BCUT2D eigenvalue weighted by Crippen LogP contribution is 2.08. The molecule has 26 heavy (non-hydrogen) atoms. The molecular formula is C17H26N2O7. The lowest BCUT2D eigenvalue weighted by Gasteiger charge is -2.22. The number of ether oxygens (including phenoxy) is 3. The van der Waals surface area contributed by atoms with Crippen LogP contribution in [0.2, 0.25) is 0 Å². The first-order chi connectivity index (χ1) is 12.0. The second-order valence-electron chi connectivity index (χ2n) is 6.31. The fourth-order valence-electron chi connectivity index (χ4n) is 1.84. The number of terminal acetylenes is 1. The molecule has 2 unspecified atom stereocenters. The van der Waals surface area contributed by atoms with Crippen LogP contribution < -0.4 is 10.6 Å². The predicted octanol–water partition coefficient (Wildman–Crippen LogP) is 0.514. The minimum absolute atomic E-state index is 0.0327. The lowest BCUT2D eigenvalue weighted by molar-refractivity contribution is -0.145. The molecule has 2 atom stereocenters. The standard InChI is InChI=1S/C17H26N2O7/c1-7-8-11(14(21)24-5)18-13(20)10-9-12(15(22)25-6)19-16(23)26-17(2,3)4/h1,11-12H,8-10H2,2-6H3,(H,18,20)(H,19,23). The van der Waals surface area contributed by atoms with Crippen molar-refractivity contribution in [3.63, 3.8) is 0 Å². The average Bonchev–Trinajstić information content (AvgIpc) is 2.55. The Morgan fingerprint density at radius 1 is 1.00 bits per heavy atom. The van der Waals surface area contributed by atoms with Gasteiger partial charge in [-0.05, 0) is 27.2 Å². The molecule has 0 bridgehead atoms. The molecular weight excluding hydrogens is 344 g/mol. The van der Waals surface area contributed by atoms with Crippen molar-refractivity contribution in [1.29, 1.82) is 0 Å². The van der Waals surface area contributed by atoms with Crippen molar-refractivity contribution in [2.75, 3.05) is 14.2 Å². The maximum absolute atomic E-state index is 12.0. The van der Waals surface area contributed by atoms with E-state index in [1.807, 2.05) is 0 Å². The molecule has 0 rings (SSSR count). The van der Waals surface area contributed by atoms with E-state index in [-0.39, 0.29) is 19.3 Å². The third-order valence-electron chi connectivity index (χ3n) is 2.98. The molecule has 2 amide bonds. The summed E-state index contributed by atoms with van der Waals surface area (Å²) < 4.78 is 14.2. The predicted molar refractivity (Wildman–Crippen MR) is 91.8 cm³/mol. The molecule has 0 heterocycles. The fraction of sp³-hybridized carbons (Fsp3) is 0.647. The maximum atomic E-state index is 12.0. The minimum Gasteiger partial charge on any atom is -0.467 e. The first kappa shape index (κ1) is 23.2. The molecule has 9 nitrogen and oxygen atoms in total. The summed E-state index contributed by atoms with van der Waals surface area (Å²) in [6.07, 6.45) is 4.09. The third kappa shape index (κ3) is 9.52. The number of alkyl carbamates (subject to hydrolysis) is 1. The summed E-state index contributed by atoms with van der Waals surface area (Å²) in [5.41, 5.74) is -0.745. The van der Waals surface area contributed by atoms with Gasteiger partial charge < -0.3 is 24.8 Å². The van der Waals surface area contributed by atoms with Crippen LogP contribution in [-0.4, -0.2) is 55.8 Å². The molecule has 0 saturated heterocycles. The van der Waals surface area contributed by atoms with Crippen LogP contribution in [0.25, 0.3) is 0 Å². The average molecular weight is 370 g/mol. The van der Waals surface area contributed by atoms with E-state index in [0.717, 1.165) is 7.11 Å². The van der Waals surface area contributed by atoms with Gasteiger partial charge in [0.1, 0.15) is 17.7 Å². The van der Waals surface area contributed by atoms with Crippen LogP contribution in [0.5, 0.6) is 0 Å². The van der Waals surface area contributed by atoms with Gasteiger partial charge in [0.05, 0.1) is 14.2 Å². The van der Waals surface area contributed by atoms with Crippen molar-refractivity contribution in [1.82, 2.24) is 10.6 Å². The van der Waals surface area contributed by atoms with E-state index in [0.29, 0.717) is 0 Å². The third-order valence-corrected chi connectivity index (χ3v) is 2.98. The number of nitrogens with one attached hydrogen (secondary N) is 2. The largest absolute Gasteiger partial charge is 0.467 e. The highest BCUT2D eigenvalue weighted by atomic mass is 16.6. The van der Waals surface area contributed by atoms with Crippen LogP contribution in [0.15, 0.2) is 0 Å². The summed E-state index contributed by atoms with van der Waals surface area (Å²) in [5.74, 6) is 0.335. The molecule has 0 fully saturated rings. The number of rotatable bonds is 8. The van der Waals surface area contributed by atoms with E-state index < -0.39 is 41.6 Å². The first-order valence-corrected chi connectivity index (χ1v) is 7.92. The number of esters is 2. The van der Waals surface area contributed by atoms with Crippen LogP contribution in [0.1, 0.15) is 40.0 Å². The Hall–Kier alpha value is -2.76. The number of methoxy groups -OCH3 is 2. The number of hydrogen-bond donors (Lipinski definition) is 2. The van der Waals surface area contributed by atoms with Gasteiger partial charge in [-0.2, -0.15) is 0 Å². The van der Waals surface area contributed by atoms with E-state index in [1.54, 1.807) is 20.8 Å². The van der Waals surface area contributed by atoms with Crippen molar-refractivity contribution in [2.24, 2.45) is 0 Å². The lowest BCUT2D eigenvalue weighted by Crippen LogP contribution is -2.45. The Kier molecular flexibility index (Phi) is 9.81. The van der Waals surface area contributed by atoms with E-state index in [9.17, 15) is 19.2 Å². The van der Waals surface area contributed by atoms with Gasteiger partial charge in [0.2, 0.25) is 5.91 Å². The second-order valence-corrected chi connectivity index (χ2v) is 6.31. The second kappa shape index (κ2) is 11.0. The summed E-state index contributed by atoms with van der Waals surface area (Å²) in [4.78, 5) is 47.1. The number of amides is 2. The molecule has 0 radical (unpaired) electrons. The summed E-state index contributed by atoms with van der Waals surface area (Å²) in [5, 5.41) is 4.77. The quantitative estimate of drug-likeness (QED) is 0.363. The van der Waals surface area contributed by atoms with Crippen molar-refractivity contribution in [3.05, 3.63) is 0 Å². The zero-order chi connectivity index (χ0) is 20.3. The van der Waals surface area contributed by atoms with Gasteiger partial charge >= 0.3 is 18.0 Å². The van der Waals surface area contributed by atoms with E-state index in [1.165, 1.54) is 7.11 Å². The van der Waals surface area contributed by atoms with Gasteiger partial charge in [-0.15, -0.1) is 12.3 Å². The van der Waals surface area contributed by atoms with Crippen LogP contribution >= 0.6 is 0 Å². The zero-order valence-corrected chi connectivity index (χ0v) is 15.7. The zero-order valence-electron chi connectivity index (χ0n) is 15.7. The number of hydrogen-bond acceptors (Lipinski definition) is 7. The smallest absolute Gasteiger partial charge is 0.408 e. The summed E-state index contributed by atoms with van der Waals surface area (Å²) in [6, 6.07) is -2.06. The van der Waals surface area contributed by atoms with Gasteiger partial charge in [0.15, 0.2) is 0 Å². The van der Waals surface area contributed by atoms with Crippen molar-refractivity contribution in [2.45, 2.75) is 57.7 Å². The molecule has 146 valence electrons. The molecule has 0 aliphatic heterocycles. The van der Waals surface area contributed by atoms with Crippen LogP contribution in [0.3, 0.4) is 0 Å². The summed E-state index contributed by atoms with van der Waals surface area (Å²) >= 11 is 0. The van der Waals surface area contributed by atoms with Crippen LogP contribution in [0, 0.1) is 12.3 Å². The van der Waals surface area contributed by atoms with Crippen LogP contribution in [-0.2, 0) is 28.6 Å². The summed E-state index contributed by atoms with van der Waals surface area (Å²) in [6.45, 7) is 5.02. The molecule has 0 spiro atoms. The molecule has 0 aromatic heterocycles. The highest BCUT2D eigenvalue weighted by molar-refractivity contribution is 5.86. The fourth-order valence-corrected chi connectivity index (χ4v) is 1.84. The highest BCUT2D eigenvalue weighted by Gasteiger charge is 2.27. The number of carbonyl (C=O) groups is 4. The van der Waals surface area contributed by atoms with Crippen molar-refractivity contribution >= 4 is 23.9 Å². The van der Waals surface area contributed by atoms with Gasteiger partial charge in [-0.25, -0.2) is 14.4 Å². The van der Waals surface area contributed by atoms with E-state index >= 15 is 0 Å². The molecule has 0 aromatic rings. The monoisotopic (exact) mass is 370 g/mol. The molecule has 0 aromatic carbocycles. The Morgan fingerprint density at radius 2 is 1.54 bits per heavy atom. The van der Waals surface area contributed by atoms with Crippen LogP contribution in [0.4, 0.5) is 4.79 Å². The molecule has 0 aliphatic rings. The topological polar surface area (TPSA) is 120 Å². The SMILES string of the molecule is C#CCC(NC(=O)CCC(NC(=O)OC(C)(C)C)C(=O)OC)C(=O)OC. The Balaban J connectivity index is 4.76. The van der Waals surface area contributed by atoms with Gasteiger partial charge in [0, 0.05) is 12.8 Å². The molecule has 0 aliphatic carbocycles. The lowest BCUT2D eigenvalue weighted by atomic mass is 10.1. The normalized spacial score (nSPS) is 12.8. The number of carbonyl (C=O) groups excluding carboxylic acids is 4. The van der Waals surface area contributed by atoms with Crippen molar-refractivity contribution in [3.8, 4) is 12.3 Å². The van der Waals surface area contributed by atoms with Crippen molar-refractivity contribution < 1.29 is 33.4 Å². The van der Waals surface area contributed by atoms with Gasteiger partial charge in [-0.1, -0.05) is 0 Å². The first-order valence-electron chi connectivity index (χ1n) is 7.92. The van der Waals surface area contributed by atoms with E-state index in [4.69, 9.17) is 11.2 Å². The molecule has 9 heteroatoms. The molecule has 2 N–H and O–H groups in total. The van der Waals surface area contributed by atoms with Gasteiger partial charge in [-0.3, -0.25) is 4.79 Å². The summed E-state index contributed by atoms with van der Waals surface area (Å²) in [7, 11) is 2.34. The van der Waals surface area contributed by atoms with E-state index in [2.05, 4.69) is 26.0 Å². The Bertz CT molecular complexity index is 560. The maximum Gasteiger partial charge on any atom is 0.408 e.